The molecule has 3 heteroatoms. The van der Waals surface area contributed by atoms with Crippen molar-refractivity contribution >= 4 is 28.5 Å². The molecule has 0 aromatic heterocycles. The topological polar surface area (TPSA) is 24.7 Å². The van der Waals surface area contributed by atoms with E-state index in [1.54, 1.807) is 0 Å². The molecule has 0 spiro atoms. The van der Waals surface area contributed by atoms with E-state index in [1.165, 1.54) is 5.56 Å². The Hall–Kier alpha value is -2.00. The zero-order valence-corrected chi connectivity index (χ0v) is 12.6. The maximum absolute atomic E-state index is 4.45. The van der Waals surface area contributed by atoms with Gasteiger partial charge in [0.2, 0.25) is 0 Å². The Bertz CT molecular complexity index is 616. The molecule has 0 saturated heterocycles. The molecule has 0 aliphatic rings. The lowest BCUT2D eigenvalue weighted by Crippen LogP contribution is -1.95. The molecule has 0 saturated carbocycles. The van der Waals surface area contributed by atoms with Crippen molar-refractivity contribution < 1.29 is 0 Å². The van der Waals surface area contributed by atoms with E-state index in [2.05, 4.69) is 44.8 Å². The number of rotatable bonds is 4. The molecular weight excluding hydrogens is 312 g/mol. The summed E-state index contributed by atoms with van der Waals surface area (Å²) in [5.74, 6) is 0.613. The Morgan fingerprint density at radius 3 is 2.20 bits per heavy atom. The summed E-state index contributed by atoms with van der Waals surface area (Å²) in [5.41, 5.74) is 2.19. The summed E-state index contributed by atoms with van der Waals surface area (Å²) in [7, 11) is 0. The molecule has 0 N–H and O–H groups in total. The van der Waals surface area contributed by atoms with Crippen LogP contribution in [-0.2, 0) is 6.42 Å². The number of nitrogens with zero attached hydrogens (tertiary/aromatic N) is 2. The van der Waals surface area contributed by atoms with E-state index < -0.39 is 0 Å². The number of hydrogen-bond acceptors (Lipinski definition) is 1. The zero-order valence-electron chi connectivity index (χ0n) is 11.0. The molecule has 2 aromatic rings. The average Bonchev–Trinajstić information content (AvgIpc) is 2.52. The van der Waals surface area contributed by atoms with Crippen molar-refractivity contribution in [3.8, 4) is 0 Å². The molecular formula is C17H15BrN2. The molecule has 100 valence electrons. The predicted molar refractivity (Wildman–Crippen MR) is 89.7 cm³/mol. The molecule has 0 unspecified atom stereocenters. The summed E-state index contributed by atoms with van der Waals surface area (Å²) in [6, 6.07) is 20.0. The van der Waals surface area contributed by atoms with E-state index in [9.17, 15) is 0 Å². The standard InChI is InChI=1S/C17H15BrN2/c1-19-17(15-10-6-3-7-11-15)20-16(18)13-12-14-8-4-2-5-9-14/h2-11,13H,1,12H2/b16-13-,20-17?. The Labute approximate surface area is 127 Å². The highest BCUT2D eigenvalue weighted by molar-refractivity contribution is 9.11. The number of halogens is 1. The van der Waals surface area contributed by atoms with E-state index in [0.29, 0.717) is 5.84 Å². The maximum atomic E-state index is 4.45. The minimum atomic E-state index is 0.613. The lowest BCUT2D eigenvalue weighted by molar-refractivity contribution is 1.25. The number of hydrogen-bond donors (Lipinski definition) is 0. The van der Waals surface area contributed by atoms with Gasteiger partial charge < -0.3 is 0 Å². The quantitative estimate of drug-likeness (QED) is 0.445. The van der Waals surface area contributed by atoms with Crippen LogP contribution in [0.2, 0.25) is 0 Å². The monoisotopic (exact) mass is 326 g/mol. The summed E-state index contributed by atoms with van der Waals surface area (Å²) in [6.07, 6.45) is 2.84. The minimum absolute atomic E-state index is 0.613. The predicted octanol–water partition coefficient (Wildman–Crippen LogP) is 4.61. The maximum Gasteiger partial charge on any atom is 0.159 e. The Morgan fingerprint density at radius 2 is 1.60 bits per heavy atom. The van der Waals surface area contributed by atoms with Crippen molar-refractivity contribution in [1.29, 1.82) is 0 Å². The molecule has 0 atom stereocenters. The second-order valence-electron chi connectivity index (χ2n) is 4.18. The number of allylic oxidation sites excluding steroid dienone is 1. The first-order chi connectivity index (χ1) is 9.79. The number of aliphatic imine (C=N–C) groups is 2. The van der Waals surface area contributed by atoms with Gasteiger partial charge in [-0.2, -0.15) is 0 Å². The highest BCUT2D eigenvalue weighted by Gasteiger charge is 2.00. The first-order valence-corrected chi connectivity index (χ1v) is 7.09. The first kappa shape index (κ1) is 14.4. The third kappa shape index (κ3) is 4.28. The Morgan fingerprint density at radius 1 is 1.00 bits per heavy atom. The second kappa shape index (κ2) is 7.56. The van der Waals surface area contributed by atoms with Crippen LogP contribution in [0.5, 0.6) is 0 Å². The number of amidine groups is 1. The van der Waals surface area contributed by atoms with Gasteiger partial charge in [-0.1, -0.05) is 60.7 Å². The molecule has 0 bridgehead atoms. The van der Waals surface area contributed by atoms with Crippen molar-refractivity contribution in [3.63, 3.8) is 0 Å². The van der Waals surface area contributed by atoms with Gasteiger partial charge in [0, 0.05) is 5.56 Å². The van der Waals surface area contributed by atoms with E-state index >= 15 is 0 Å². The van der Waals surface area contributed by atoms with E-state index in [-0.39, 0.29) is 0 Å². The summed E-state index contributed by atoms with van der Waals surface area (Å²) < 4.78 is 0.757. The zero-order chi connectivity index (χ0) is 14.2. The van der Waals surface area contributed by atoms with Gasteiger partial charge in [0.05, 0.1) is 0 Å². The highest BCUT2D eigenvalue weighted by atomic mass is 79.9. The van der Waals surface area contributed by atoms with Gasteiger partial charge in [-0.25, -0.2) is 9.98 Å². The van der Waals surface area contributed by atoms with Gasteiger partial charge in [0.15, 0.2) is 5.84 Å². The molecule has 2 nitrogen and oxygen atoms in total. The van der Waals surface area contributed by atoms with Crippen molar-refractivity contribution in [2.75, 3.05) is 0 Å². The van der Waals surface area contributed by atoms with Gasteiger partial charge in [-0.05, 0) is 40.7 Å². The van der Waals surface area contributed by atoms with E-state index in [0.717, 1.165) is 16.6 Å². The smallest absolute Gasteiger partial charge is 0.159 e. The molecule has 0 fully saturated rings. The SMILES string of the molecule is C=NC(=N/C(Br)=C\Cc1ccccc1)c1ccccc1. The van der Waals surface area contributed by atoms with Crippen LogP contribution < -0.4 is 0 Å². The summed E-state index contributed by atoms with van der Waals surface area (Å²) in [4.78, 5) is 8.43. The first-order valence-electron chi connectivity index (χ1n) is 6.30. The van der Waals surface area contributed by atoms with Crippen molar-refractivity contribution in [2.24, 2.45) is 9.98 Å². The fourth-order valence-corrected chi connectivity index (χ4v) is 2.07. The van der Waals surface area contributed by atoms with Crippen molar-refractivity contribution in [1.82, 2.24) is 0 Å². The molecule has 0 amide bonds. The van der Waals surface area contributed by atoms with Crippen molar-refractivity contribution in [3.05, 3.63) is 82.5 Å². The summed E-state index contributed by atoms with van der Waals surface area (Å²) in [5, 5.41) is 0. The van der Waals surface area contributed by atoms with Crippen LogP contribution in [0.4, 0.5) is 0 Å². The fourth-order valence-electron chi connectivity index (χ4n) is 1.74. The minimum Gasteiger partial charge on any atom is -0.245 e. The normalized spacial score (nSPS) is 12.2. The lowest BCUT2D eigenvalue weighted by atomic mass is 10.1. The van der Waals surface area contributed by atoms with Crippen LogP contribution in [-0.4, -0.2) is 12.6 Å². The van der Waals surface area contributed by atoms with Crippen LogP contribution in [0.3, 0.4) is 0 Å². The van der Waals surface area contributed by atoms with Crippen LogP contribution in [0, 0.1) is 0 Å². The summed E-state index contributed by atoms with van der Waals surface area (Å²) in [6.45, 7) is 3.58. The molecule has 2 aromatic carbocycles. The van der Waals surface area contributed by atoms with Crippen LogP contribution in [0.15, 0.2) is 81.3 Å². The van der Waals surface area contributed by atoms with Gasteiger partial charge in [-0.3, -0.25) is 0 Å². The van der Waals surface area contributed by atoms with Crippen LogP contribution in [0.25, 0.3) is 0 Å². The van der Waals surface area contributed by atoms with Crippen LogP contribution in [0.1, 0.15) is 11.1 Å². The van der Waals surface area contributed by atoms with Gasteiger partial charge >= 0.3 is 0 Å². The largest absolute Gasteiger partial charge is 0.245 e. The lowest BCUT2D eigenvalue weighted by Gasteiger charge is -2.00. The van der Waals surface area contributed by atoms with Crippen LogP contribution >= 0.6 is 15.9 Å². The average molecular weight is 327 g/mol. The third-order valence-electron chi connectivity index (χ3n) is 2.74. The molecule has 0 radical (unpaired) electrons. The van der Waals surface area contributed by atoms with Crippen molar-refractivity contribution in [2.45, 2.75) is 6.42 Å². The third-order valence-corrected chi connectivity index (χ3v) is 3.24. The second-order valence-corrected chi connectivity index (χ2v) is 4.99. The van der Waals surface area contributed by atoms with Gasteiger partial charge in [0.25, 0.3) is 0 Å². The molecule has 2 rings (SSSR count). The molecule has 20 heavy (non-hydrogen) atoms. The molecule has 0 aliphatic carbocycles. The highest BCUT2D eigenvalue weighted by Crippen LogP contribution is 2.13. The molecule has 0 heterocycles. The molecule has 0 aliphatic heterocycles. The Balaban J connectivity index is 2.13. The van der Waals surface area contributed by atoms with Gasteiger partial charge in [0.1, 0.15) is 4.61 Å². The number of benzene rings is 2. The van der Waals surface area contributed by atoms with E-state index in [4.69, 9.17) is 0 Å². The van der Waals surface area contributed by atoms with E-state index in [1.807, 2.05) is 54.6 Å². The Kier molecular flexibility index (Phi) is 5.44. The fraction of sp³-hybridized carbons (Fsp3) is 0.0588. The summed E-state index contributed by atoms with van der Waals surface area (Å²) >= 11 is 3.46. The van der Waals surface area contributed by atoms with Gasteiger partial charge in [-0.15, -0.1) is 0 Å².